The summed E-state index contributed by atoms with van der Waals surface area (Å²) in [7, 11) is 0. The van der Waals surface area contributed by atoms with E-state index >= 15 is 0 Å². The van der Waals surface area contributed by atoms with Crippen molar-refractivity contribution in [3.05, 3.63) is 11.6 Å². The fraction of sp³-hybridized carbons (Fsp3) is 0.769. The Morgan fingerprint density at radius 3 is 2.89 bits per heavy atom. The molecule has 0 bridgehead atoms. The number of amides is 1. The highest BCUT2D eigenvalue weighted by atomic mass is 16.2. The summed E-state index contributed by atoms with van der Waals surface area (Å²) in [5, 5.41) is 9.94. The molecule has 2 aliphatic carbocycles. The van der Waals surface area contributed by atoms with Crippen LogP contribution in [0, 0.1) is 5.92 Å². The molecule has 1 heterocycles. The molecule has 0 saturated heterocycles. The van der Waals surface area contributed by atoms with Crippen LogP contribution in [0.3, 0.4) is 0 Å². The Labute approximate surface area is 107 Å². The number of aromatic nitrogens is 3. The number of H-pyrrole nitrogens is 1. The summed E-state index contributed by atoms with van der Waals surface area (Å²) in [6.45, 7) is 2.25. The van der Waals surface area contributed by atoms with Gasteiger partial charge in [-0.2, -0.15) is 0 Å². The van der Waals surface area contributed by atoms with E-state index in [1.54, 1.807) is 0 Å². The third-order valence-corrected chi connectivity index (χ3v) is 3.94. The fourth-order valence-corrected chi connectivity index (χ4v) is 2.73. The van der Waals surface area contributed by atoms with Crippen LogP contribution in [0.5, 0.6) is 0 Å². The Kier molecular flexibility index (Phi) is 3.06. The van der Waals surface area contributed by atoms with Crippen LogP contribution < -0.4 is 5.32 Å². The van der Waals surface area contributed by atoms with Gasteiger partial charge >= 0.3 is 0 Å². The van der Waals surface area contributed by atoms with Crippen LogP contribution in [0.25, 0.3) is 0 Å². The van der Waals surface area contributed by atoms with Crippen LogP contribution in [0.1, 0.15) is 67.8 Å². The van der Waals surface area contributed by atoms with Gasteiger partial charge in [0.1, 0.15) is 5.82 Å². The lowest BCUT2D eigenvalue weighted by atomic mass is 9.87. The van der Waals surface area contributed by atoms with Crippen molar-refractivity contribution in [3.63, 3.8) is 0 Å². The molecule has 5 nitrogen and oxygen atoms in total. The van der Waals surface area contributed by atoms with Crippen molar-refractivity contribution in [1.82, 2.24) is 20.5 Å². The lowest BCUT2D eigenvalue weighted by molar-refractivity contribution is 0.0911. The molecule has 2 atom stereocenters. The molecule has 0 aliphatic heterocycles. The van der Waals surface area contributed by atoms with Gasteiger partial charge in [-0.05, 0) is 31.6 Å². The zero-order chi connectivity index (χ0) is 12.5. The second-order valence-corrected chi connectivity index (χ2v) is 5.76. The highest BCUT2D eigenvalue weighted by Crippen LogP contribution is 2.37. The van der Waals surface area contributed by atoms with E-state index in [1.807, 2.05) is 0 Å². The molecule has 2 unspecified atom stereocenters. The minimum atomic E-state index is -0.128. The Bertz CT molecular complexity index is 438. The summed E-state index contributed by atoms with van der Waals surface area (Å²) >= 11 is 0. The second kappa shape index (κ2) is 4.71. The molecule has 98 valence electrons. The van der Waals surface area contributed by atoms with E-state index in [1.165, 1.54) is 12.8 Å². The Morgan fingerprint density at radius 1 is 1.33 bits per heavy atom. The summed E-state index contributed by atoms with van der Waals surface area (Å²) in [5.41, 5.74) is 0. The molecule has 2 aliphatic rings. The minimum absolute atomic E-state index is 0.128. The monoisotopic (exact) mass is 248 g/mol. The Balaban J connectivity index is 1.59. The third kappa shape index (κ3) is 2.54. The lowest BCUT2D eigenvalue weighted by Gasteiger charge is -2.26. The first kappa shape index (κ1) is 11.7. The molecule has 0 spiro atoms. The van der Waals surface area contributed by atoms with E-state index in [-0.39, 0.29) is 5.91 Å². The average Bonchev–Trinajstić information content (AvgIpc) is 3.07. The molecule has 0 radical (unpaired) electrons. The maximum Gasteiger partial charge on any atom is 0.291 e. The maximum atomic E-state index is 12.0. The maximum absolute atomic E-state index is 12.0. The molecule has 3 rings (SSSR count). The van der Waals surface area contributed by atoms with Gasteiger partial charge in [-0.15, -0.1) is 5.10 Å². The molecule has 5 heteroatoms. The number of hydrogen-bond donors (Lipinski definition) is 2. The number of carbonyl (C=O) groups is 1. The van der Waals surface area contributed by atoms with Crippen LogP contribution in [-0.4, -0.2) is 27.1 Å². The first-order valence-electron chi connectivity index (χ1n) is 6.95. The van der Waals surface area contributed by atoms with E-state index in [9.17, 15) is 4.79 Å². The van der Waals surface area contributed by atoms with Gasteiger partial charge in [-0.25, -0.2) is 4.98 Å². The summed E-state index contributed by atoms with van der Waals surface area (Å²) in [5.74, 6) is 2.26. The first-order chi connectivity index (χ1) is 8.72. The predicted molar refractivity (Wildman–Crippen MR) is 67.2 cm³/mol. The van der Waals surface area contributed by atoms with E-state index in [0.29, 0.717) is 23.7 Å². The zero-order valence-electron chi connectivity index (χ0n) is 10.8. The normalized spacial score (nSPS) is 28.1. The molecule has 2 fully saturated rings. The van der Waals surface area contributed by atoms with E-state index < -0.39 is 0 Å². The number of carbonyl (C=O) groups excluding carboxylic acids is 1. The van der Waals surface area contributed by atoms with Crippen LogP contribution in [0.2, 0.25) is 0 Å². The van der Waals surface area contributed by atoms with Crippen molar-refractivity contribution in [1.29, 1.82) is 0 Å². The van der Waals surface area contributed by atoms with Gasteiger partial charge in [-0.3, -0.25) is 9.89 Å². The number of hydrogen-bond acceptors (Lipinski definition) is 3. The molecule has 1 aromatic heterocycles. The lowest BCUT2D eigenvalue weighted by Crippen LogP contribution is -2.38. The van der Waals surface area contributed by atoms with Crippen LogP contribution >= 0.6 is 0 Å². The molecule has 2 saturated carbocycles. The third-order valence-electron chi connectivity index (χ3n) is 3.94. The average molecular weight is 248 g/mol. The fourth-order valence-electron chi connectivity index (χ4n) is 2.73. The minimum Gasteiger partial charge on any atom is -0.347 e. The van der Waals surface area contributed by atoms with Gasteiger partial charge in [0.25, 0.3) is 5.91 Å². The van der Waals surface area contributed by atoms with E-state index in [4.69, 9.17) is 0 Å². The number of nitrogens with one attached hydrogen (secondary N) is 2. The van der Waals surface area contributed by atoms with Crippen LogP contribution in [0.15, 0.2) is 0 Å². The standard InChI is InChI=1S/C13H20N4O/c1-8-3-2-4-10(7-8)14-13(18)12-15-11(16-17-12)9-5-6-9/h8-10H,2-7H2,1H3,(H,14,18)(H,15,16,17). The highest BCUT2D eigenvalue weighted by molar-refractivity contribution is 5.90. The largest absolute Gasteiger partial charge is 0.347 e. The molecule has 1 amide bonds. The molecular weight excluding hydrogens is 228 g/mol. The van der Waals surface area contributed by atoms with Crippen LogP contribution in [0.4, 0.5) is 0 Å². The molecule has 2 N–H and O–H groups in total. The van der Waals surface area contributed by atoms with Gasteiger partial charge in [-0.1, -0.05) is 19.8 Å². The predicted octanol–water partition coefficient (Wildman–Crippen LogP) is 1.99. The van der Waals surface area contributed by atoms with Gasteiger partial charge in [0.05, 0.1) is 0 Å². The molecular formula is C13H20N4O. The molecule has 18 heavy (non-hydrogen) atoms. The van der Waals surface area contributed by atoms with Gasteiger partial charge in [0, 0.05) is 12.0 Å². The molecule has 0 aromatic carbocycles. The number of rotatable bonds is 3. The van der Waals surface area contributed by atoms with Gasteiger partial charge in [0.15, 0.2) is 0 Å². The van der Waals surface area contributed by atoms with Crippen molar-refractivity contribution >= 4 is 5.91 Å². The van der Waals surface area contributed by atoms with Crippen molar-refractivity contribution in [2.75, 3.05) is 0 Å². The first-order valence-corrected chi connectivity index (χ1v) is 6.95. The summed E-state index contributed by atoms with van der Waals surface area (Å²) in [6.07, 6.45) is 6.96. The topological polar surface area (TPSA) is 70.7 Å². The Morgan fingerprint density at radius 2 is 2.17 bits per heavy atom. The highest BCUT2D eigenvalue weighted by Gasteiger charge is 2.29. The van der Waals surface area contributed by atoms with Crippen molar-refractivity contribution in [2.45, 2.75) is 57.4 Å². The number of aromatic amines is 1. The van der Waals surface area contributed by atoms with Crippen LogP contribution in [-0.2, 0) is 0 Å². The van der Waals surface area contributed by atoms with Crippen molar-refractivity contribution < 1.29 is 4.79 Å². The molecule has 1 aromatic rings. The quantitative estimate of drug-likeness (QED) is 0.859. The number of nitrogens with zero attached hydrogens (tertiary/aromatic N) is 2. The van der Waals surface area contributed by atoms with E-state index in [0.717, 1.165) is 31.5 Å². The van der Waals surface area contributed by atoms with Gasteiger partial charge in [0.2, 0.25) is 5.82 Å². The van der Waals surface area contributed by atoms with Crippen molar-refractivity contribution in [3.8, 4) is 0 Å². The second-order valence-electron chi connectivity index (χ2n) is 5.76. The summed E-state index contributed by atoms with van der Waals surface area (Å²) < 4.78 is 0. The smallest absolute Gasteiger partial charge is 0.291 e. The van der Waals surface area contributed by atoms with Crippen molar-refractivity contribution in [2.24, 2.45) is 5.92 Å². The Hall–Kier alpha value is -1.39. The summed E-state index contributed by atoms with van der Waals surface area (Å²) in [6, 6.07) is 0.295. The zero-order valence-corrected chi connectivity index (χ0v) is 10.8. The summed E-state index contributed by atoms with van der Waals surface area (Å²) in [4.78, 5) is 16.3. The van der Waals surface area contributed by atoms with E-state index in [2.05, 4.69) is 27.4 Å². The SMILES string of the molecule is CC1CCCC(NC(=O)c2n[nH]c(C3CC3)n2)C1. The van der Waals surface area contributed by atoms with Gasteiger partial charge < -0.3 is 5.32 Å².